The second-order valence-electron chi connectivity index (χ2n) is 2.48. The minimum absolute atomic E-state index is 0.172. The third-order valence-corrected chi connectivity index (χ3v) is 2.55. The summed E-state index contributed by atoms with van der Waals surface area (Å²) in [6.45, 7) is 0. The quantitative estimate of drug-likeness (QED) is 0.785. The number of nitrogens with zero attached hydrogens (tertiary/aromatic N) is 3. The molecule has 0 unspecified atom stereocenters. The highest BCUT2D eigenvalue weighted by atomic mass is 35.5. The zero-order valence-electron chi connectivity index (χ0n) is 7.09. The van der Waals surface area contributed by atoms with Crippen LogP contribution in [0, 0.1) is 0 Å². The van der Waals surface area contributed by atoms with Crippen LogP contribution in [0.25, 0.3) is 0 Å². The third kappa shape index (κ3) is 2.43. The molecule has 3 nitrogen and oxygen atoms in total. The molecule has 0 bridgehead atoms. The largest absolute Gasteiger partial charge is 0.244 e. The summed E-state index contributed by atoms with van der Waals surface area (Å²) in [4.78, 5) is 5.12. The molecule has 0 fully saturated rings. The summed E-state index contributed by atoms with van der Waals surface area (Å²) >= 11 is 7.12. The van der Waals surface area contributed by atoms with E-state index in [0.29, 0.717) is 0 Å². The summed E-state index contributed by atoms with van der Waals surface area (Å²) < 4.78 is 0. The average molecular weight is 224 g/mol. The van der Waals surface area contributed by atoms with Crippen LogP contribution in [0.4, 0.5) is 0 Å². The van der Waals surface area contributed by atoms with Gasteiger partial charge >= 0.3 is 0 Å². The van der Waals surface area contributed by atoms with E-state index in [2.05, 4.69) is 15.2 Å². The molecular formula is C9H6ClN3S. The second kappa shape index (κ2) is 4.39. The van der Waals surface area contributed by atoms with Crippen LogP contribution in [0.2, 0.25) is 5.28 Å². The molecule has 0 saturated heterocycles. The number of benzene rings is 1. The van der Waals surface area contributed by atoms with E-state index >= 15 is 0 Å². The average Bonchev–Trinajstić information content (AvgIpc) is 2.19. The van der Waals surface area contributed by atoms with Crippen molar-refractivity contribution in [2.45, 2.75) is 9.92 Å². The number of aromatic nitrogens is 3. The molecule has 5 heteroatoms. The first kappa shape index (κ1) is 9.43. The van der Waals surface area contributed by atoms with E-state index in [4.69, 9.17) is 11.6 Å². The normalized spacial score (nSPS) is 10.1. The maximum absolute atomic E-state index is 5.61. The molecule has 14 heavy (non-hydrogen) atoms. The SMILES string of the molecule is Clc1nncc(Sc2ccccc2)n1. The first-order chi connectivity index (χ1) is 6.84. The predicted octanol–water partition coefficient (Wildman–Crippen LogP) is 2.68. The molecule has 0 aliphatic carbocycles. The Morgan fingerprint density at radius 1 is 1.14 bits per heavy atom. The molecule has 0 atom stereocenters. The van der Waals surface area contributed by atoms with Gasteiger partial charge in [-0.25, -0.2) is 4.98 Å². The Hall–Kier alpha value is -1.13. The Kier molecular flexibility index (Phi) is 2.96. The van der Waals surface area contributed by atoms with Gasteiger partial charge in [-0.2, -0.15) is 5.10 Å². The molecule has 0 saturated carbocycles. The summed E-state index contributed by atoms with van der Waals surface area (Å²) in [7, 11) is 0. The van der Waals surface area contributed by atoms with Crippen LogP contribution in [0.3, 0.4) is 0 Å². The van der Waals surface area contributed by atoms with E-state index < -0.39 is 0 Å². The number of halogens is 1. The van der Waals surface area contributed by atoms with Crippen LogP contribution in [-0.2, 0) is 0 Å². The van der Waals surface area contributed by atoms with Gasteiger partial charge in [-0.1, -0.05) is 30.0 Å². The lowest BCUT2D eigenvalue weighted by molar-refractivity contribution is 0.904. The van der Waals surface area contributed by atoms with Crippen molar-refractivity contribution >= 4 is 23.4 Å². The summed E-state index contributed by atoms with van der Waals surface area (Å²) in [5, 5.41) is 8.21. The summed E-state index contributed by atoms with van der Waals surface area (Å²) in [5.74, 6) is 0. The standard InChI is InChI=1S/C9H6ClN3S/c10-9-12-8(6-11-13-9)14-7-4-2-1-3-5-7/h1-6H. The van der Waals surface area contributed by atoms with Gasteiger partial charge in [0.25, 0.3) is 0 Å². The molecule has 2 aromatic rings. The Labute approximate surface area is 90.5 Å². The molecular weight excluding hydrogens is 218 g/mol. The number of hydrogen-bond acceptors (Lipinski definition) is 4. The van der Waals surface area contributed by atoms with Crippen LogP contribution in [0.5, 0.6) is 0 Å². The first-order valence-corrected chi connectivity index (χ1v) is 5.12. The first-order valence-electron chi connectivity index (χ1n) is 3.93. The van der Waals surface area contributed by atoms with Crippen LogP contribution in [-0.4, -0.2) is 15.2 Å². The van der Waals surface area contributed by atoms with Crippen molar-refractivity contribution in [3.8, 4) is 0 Å². The second-order valence-corrected chi connectivity index (χ2v) is 3.91. The van der Waals surface area contributed by atoms with Gasteiger partial charge in [0, 0.05) is 4.90 Å². The number of hydrogen-bond donors (Lipinski definition) is 0. The van der Waals surface area contributed by atoms with Gasteiger partial charge in [-0.15, -0.1) is 5.10 Å². The van der Waals surface area contributed by atoms with Crippen molar-refractivity contribution in [3.63, 3.8) is 0 Å². The molecule has 2 rings (SSSR count). The lowest BCUT2D eigenvalue weighted by Crippen LogP contribution is -1.87. The molecule has 1 aromatic heterocycles. The molecule has 0 spiro atoms. The van der Waals surface area contributed by atoms with E-state index in [-0.39, 0.29) is 5.28 Å². The lowest BCUT2D eigenvalue weighted by atomic mass is 10.4. The fourth-order valence-corrected chi connectivity index (χ4v) is 1.88. The maximum atomic E-state index is 5.61. The molecule has 0 aliphatic heterocycles. The lowest BCUT2D eigenvalue weighted by Gasteiger charge is -1.98. The zero-order chi connectivity index (χ0) is 9.80. The predicted molar refractivity (Wildman–Crippen MR) is 55.4 cm³/mol. The van der Waals surface area contributed by atoms with Crippen LogP contribution in [0.1, 0.15) is 0 Å². The van der Waals surface area contributed by atoms with Gasteiger partial charge in [0.15, 0.2) is 0 Å². The van der Waals surface area contributed by atoms with E-state index in [9.17, 15) is 0 Å². The fourth-order valence-electron chi connectivity index (χ4n) is 0.927. The molecule has 1 aromatic carbocycles. The highest BCUT2D eigenvalue weighted by Crippen LogP contribution is 2.24. The van der Waals surface area contributed by atoms with Gasteiger partial charge in [-0.05, 0) is 23.7 Å². The highest BCUT2D eigenvalue weighted by molar-refractivity contribution is 7.99. The molecule has 0 radical (unpaired) electrons. The highest BCUT2D eigenvalue weighted by Gasteiger charge is 1.99. The number of rotatable bonds is 2. The summed E-state index contributed by atoms with van der Waals surface area (Å²) in [6.07, 6.45) is 1.59. The molecule has 0 N–H and O–H groups in total. The van der Waals surface area contributed by atoms with E-state index in [1.165, 1.54) is 11.8 Å². The summed E-state index contributed by atoms with van der Waals surface area (Å²) in [5.41, 5.74) is 0. The van der Waals surface area contributed by atoms with Crippen LogP contribution in [0.15, 0.2) is 46.5 Å². The molecule has 70 valence electrons. The van der Waals surface area contributed by atoms with Crippen molar-refractivity contribution in [2.75, 3.05) is 0 Å². The fraction of sp³-hybridized carbons (Fsp3) is 0. The monoisotopic (exact) mass is 223 g/mol. The van der Waals surface area contributed by atoms with Crippen LogP contribution >= 0.6 is 23.4 Å². The molecule has 0 amide bonds. The third-order valence-electron chi connectivity index (χ3n) is 1.48. The van der Waals surface area contributed by atoms with Crippen LogP contribution < -0.4 is 0 Å². The zero-order valence-corrected chi connectivity index (χ0v) is 8.66. The summed E-state index contributed by atoms with van der Waals surface area (Å²) in [6, 6.07) is 9.91. The van der Waals surface area contributed by atoms with Gasteiger partial charge in [-0.3, -0.25) is 0 Å². The van der Waals surface area contributed by atoms with Crippen molar-refractivity contribution in [2.24, 2.45) is 0 Å². The van der Waals surface area contributed by atoms with Gasteiger partial charge < -0.3 is 0 Å². The Balaban J connectivity index is 2.19. The minimum Gasteiger partial charge on any atom is -0.208 e. The van der Waals surface area contributed by atoms with Gasteiger partial charge in [0.2, 0.25) is 5.28 Å². The molecule has 1 heterocycles. The van der Waals surface area contributed by atoms with Crippen molar-refractivity contribution in [1.82, 2.24) is 15.2 Å². The topological polar surface area (TPSA) is 38.7 Å². The van der Waals surface area contributed by atoms with Crippen molar-refractivity contribution in [1.29, 1.82) is 0 Å². The Morgan fingerprint density at radius 3 is 2.64 bits per heavy atom. The van der Waals surface area contributed by atoms with Gasteiger partial charge in [0.1, 0.15) is 5.03 Å². The minimum atomic E-state index is 0.172. The Morgan fingerprint density at radius 2 is 1.93 bits per heavy atom. The van der Waals surface area contributed by atoms with E-state index in [1.54, 1.807) is 6.20 Å². The van der Waals surface area contributed by atoms with E-state index in [1.807, 2.05) is 30.3 Å². The maximum Gasteiger partial charge on any atom is 0.244 e. The van der Waals surface area contributed by atoms with Gasteiger partial charge in [0.05, 0.1) is 6.20 Å². The van der Waals surface area contributed by atoms with Crippen molar-refractivity contribution in [3.05, 3.63) is 41.8 Å². The molecule has 0 aliphatic rings. The Bertz CT molecular complexity index is 421. The smallest absolute Gasteiger partial charge is 0.208 e. The van der Waals surface area contributed by atoms with E-state index in [0.717, 1.165) is 9.92 Å². The van der Waals surface area contributed by atoms with Crippen molar-refractivity contribution < 1.29 is 0 Å².